The average Bonchev–Trinajstić information content (AvgIpc) is 3.12. The highest BCUT2D eigenvalue weighted by molar-refractivity contribution is 7.85. The molecule has 13 heteroatoms. The minimum absolute atomic E-state index is 0.166. The fourth-order valence-corrected chi connectivity index (χ4v) is 7.01. The number of hydrogen-bond acceptors (Lipinski definition) is 11. The molecule has 1 saturated heterocycles. The van der Waals surface area contributed by atoms with Gasteiger partial charge in [0.15, 0.2) is 12.4 Å². The second-order valence-electron chi connectivity index (χ2n) is 14.7. The van der Waals surface area contributed by atoms with Crippen LogP contribution in [0.3, 0.4) is 0 Å². The first-order valence-electron chi connectivity index (χ1n) is 20.7. The maximum absolute atomic E-state index is 12.7. The number of carbonyl (C=O) groups is 2. The molecule has 12 nitrogen and oxygen atoms in total. The van der Waals surface area contributed by atoms with Gasteiger partial charge in [-0.1, -0.05) is 135 Å². The van der Waals surface area contributed by atoms with Crippen molar-refractivity contribution in [2.45, 2.75) is 211 Å². The van der Waals surface area contributed by atoms with E-state index in [9.17, 15) is 37.9 Å². The number of aliphatic hydroxyl groups excluding tert-OH is 3. The summed E-state index contributed by atoms with van der Waals surface area (Å²) in [6, 6.07) is 0. The number of hydrogen-bond donors (Lipinski definition) is 4. The Hall–Kier alpha value is -1.61. The minimum atomic E-state index is -4.60. The Morgan fingerprint density at radius 1 is 0.623 bits per heavy atom. The van der Waals surface area contributed by atoms with E-state index >= 15 is 0 Å². The number of aliphatic hydroxyl groups is 3. The first kappa shape index (κ1) is 49.4. The summed E-state index contributed by atoms with van der Waals surface area (Å²) in [5.41, 5.74) is 0. The molecule has 1 aliphatic rings. The van der Waals surface area contributed by atoms with Crippen molar-refractivity contribution in [2.75, 3.05) is 19.0 Å². The van der Waals surface area contributed by atoms with Crippen LogP contribution in [0.4, 0.5) is 0 Å². The van der Waals surface area contributed by atoms with Gasteiger partial charge in [0, 0.05) is 12.8 Å². The molecule has 312 valence electrons. The van der Waals surface area contributed by atoms with E-state index in [0.29, 0.717) is 12.8 Å². The van der Waals surface area contributed by atoms with Gasteiger partial charge in [-0.05, 0) is 38.5 Å². The number of esters is 2. The summed E-state index contributed by atoms with van der Waals surface area (Å²) in [7, 11) is -4.60. The van der Waals surface area contributed by atoms with E-state index in [2.05, 4.69) is 26.0 Å². The van der Waals surface area contributed by atoms with Crippen molar-refractivity contribution in [3.05, 3.63) is 12.2 Å². The summed E-state index contributed by atoms with van der Waals surface area (Å²) in [4.78, 5) is 25.3. The maximum atomic E-state index is 12.7. The lowest BCUT2D eigenvalue weighted by Gasteiger charge is -2.40. The smallest absolute Gasteiger partial charge is 0.306 e. The summed E-state index contributed by atoms with van der Waals surface area (Å²) < 4.78 is 53.9. The van der Waals surface area contributed by atoms with Gasteiger partial charge in [-0.25, -0.2) is 0 Å². The molecule has 53 heavy (non-hydrogen) atoms. The Kier molecular flexibility index (Phi) is 29.4. The van der Waals surface area contributed by atoms with Gasteiger partial charge < -0.3 is 34.3 Å². The van der Waals surface area contributed by atoms with Gasteiger partial charge in [-0.2, -0.15) is 8.42 Å². The van der Waals surface area contributed by atoms with Crippen molar-refractivity contribution in [3.63, 3.8) is 0 Å². The highest BCUT2D eigenvalue weighted by Crippen LogP contribution is 2.24. The van der Waals surface area contributed by atoms with Crippen LogP contribution in [0.5, 0.6) is 0 Å². The van der Waals surface area contributed by atoms with Crippen LogP contribution in [-0.4, -0.2) is 96.0 Å². The zero-order chi connectivity index (χ0) is 39.2. The maximum Gasteiger partial charge on any atom is 0.306 e. The van der Waals surface area contributed by atoms with Gasteiger partial charge in [0.05, 0.1) is 6.61 Å². The van der Waals surface area contributed by atoms with Gasteiger partial charge >= 0.3 is 11.9 Å². The molecule has 0 spiro atoms. The highest BCUT2D eigenvalue weighted by atomic mass is 32.2. The van der Waals surface area contributed by atoms with E-state index in [0.717, 1.165) is 44.9 Å². The van der Waals surface area contributed by atoms with Gasteiger partial charge in [-0.15, -0.1) is 0 Å². The zero-order valence-corrected chi connectivity index (χ0v) is 33.7. The predicted octanol–water partition coefficient (Wildman–Crippen LogP) is 7.50. The fraction of sp³-hybridized carbons (Fsp3) is 0.900. The highest BCUT2D eigenvalue weighted by Gasteiger charge is 2.46. The molecule has 1 rings (SSSR count). The zero-order valence-electron chi connectivity index (χ0n) is 32.9. The van der Waals surface area contributed by atoms with Gasteiger partial charge in [0.2, 0.25) is 0 Å². The Morgan fingerprint density at radius 3 is 1.58 bits per heavy atom. The molecule has 0 bridgehead atoms. The van der Waals surface area contributed by atoms with Crippen LogP contribution in [0, 0.1) is 0 Å². The van der Waals surface area contributed by atoms with Crippen molar-refractivity contribution in [1.29, 1.82) is 0 Å². The predicted molar refractivity (Wildman–Crippen MR) is 206 cm³/mol. The first-order valence-corrected chi connectivity index (χ1v) is 22.4. The molecule has 0 saturated carbocycles. The van der Waals surface area contributed by atoms with Crippen LogP contribution >= 0.6 is 0 Å². The number of carbonyl (C=O) groups excluding carboxylic acids is 2. The largest absolute Gasteiger partial charge is 0.462 e. The van der Waals surface area contributed by atoms with Crippen molar-refractivity contribution < 1.29 is 56.8 Å². The lowest BCUT2D eigenvalue weighted by Crippen LogP contribution is -2.60. The van der Waals surface area contributed by atoms with Gasteiger partial charge in [0.25, 0.3) is 10.1 Å². The summed E-state index contributed by atoms with van der Waals surface area (Å²) in [5.74, 6) is -2.00. The van der Waals surface area contributed by atoms with Crippen LogP contribution in [-0.2, 0) is 38.7 Å². The Labute approximate surface area is 320 Å². The molecule has 0 amide bonds. The molecule has 6 atom stereocenters. The van der Waals surface area contributed by atoms with Crippen LogP contribution in [0.25, 0.3) is 0 Å². The fourth-order valence-electron chi connectivity index (χ4n) is 6.32. The molecule has 0 aliphatic carbocycles. The Bertz CT molecular complexity index is 1050. The van der Waals surface area contributed by atoms with Crippen molar-refractivity contribution in [3.8, 4) is 0 Å². The summed E-state index contributed by atoms with van der Waals surface area (Å²) in [6.07, 6.45) is 21.2. The Morgan fingerprint density at radius 2 is 1.08 bits per heavy atom. The summed E-state index contributed by atoms with van der Waals surface area (Å²) in [5, 5.41) is 30.8. The van der Waals surface area contributed by atoms with Crippen molar-refractivity contribution in [1.82, 2.24) is 0 Å². The van der Waals surface area contributed by atoms with Crippen LogP contribution < -0.4 is 0 Å². The molecule has 1 heterocycles. The first-order chi connectivity index (χ1) is 25.5. The number of unbranched alkanes of at least 4 members (excludes halogenated alkanes) is 20. The van der Waals surface area contributed by atoms with E-state index in [1.165, 1.54) is 89.9 Å². The van der Waals surface area contributed by atoms with Crippen LogP contribution in [0.1, 0.15) is 174 Å². The minimum Gasteiger partial charge on any atom is -0.462 e. The molecule has 1 fully saturated rings. The quantitative estimate of drug-likeness (QED) is 0.0219. The standard InChI is InChI=1S/C40H74O12S/c1-3-5-7-9-11-13-15-17-19-20-22-24-26-28-35(41)49-30-33(31-50-40-39(45)38(44)37(43)34(52-40)32-53(46,47)48)51-36(42)29-27-25-23-21-18-16-14-12-10-8-6-4-2/h17,19,33-34,37-40,43-45H,3-16,18,20-32H2,1-2H3,(H,46,47,48)/b19-17+/t33-,34-,37-,38?,39?,40+/m1/s1. The molecule has 4 N–H and O–H groups in total. The topological polar surface area (TPSA) is 186 Å². The molecule has 0 aromatic heterocycles. The number of ether oxygens (including phenoxy) is 4. The third-order valence-corrected chi connectivity index (χ3v) is 10.3. The van der Waals surface area contributed by atoms with Gasteiger partial charge in [0.1, 0.15) is 36.8 Å². The SMILES string of the molecule is CCCCCCCC/C=C/CCCCCC(=O)OC[C@H](CO[C@H]1O[C@H](CS(=O)(=O)O)[C@@H](O)C(O)C1O)OC(=O)CCCCCCCCCCCCCC. The summed E-state index contributed by atoms with van der Waals surface area (Å²) >= 11 is 0. The van der Waals surface area contributed by atoms with E-state index < -0.39 is 71.2 Å². The molecule has 0 aromatic rings. The molecular weight excluding hydrogens is 704 g/mol. The van der Waals surface area contributed by atoms with Crippen molar-refractivity contribution in [2.24, 2.45) is 0 Å². The Balaban J connectivity index is 2.50. The lowest BCUT2D eigenvalue weighted by molar-refractivity contribution is -0.297. The second-order valence-corrected chi connectivity index (χ2v) is 16.2. The molecule has 0 aromatic carbocycles. The molecule has 1 aliphatic heterocycles. The molecule has 2 unspecified atom stereocenters. The van der Waals surface area contributed by atoms with Crippen LogP contribution in [0.2, 0.25) is 0 Å². The third-order valence-electron chi connectivity index (χ3n) is 9.60. The van der Waals surface area contributed by atoms with E-state index in [4.69, 9.17) is 18.9 Å². The van der Waals surface area contributed by atoms with E-state index in [1.807, 2.05) is 0 Å². The van der Waals surface area contributed by atoms with E-state index in [1.54, 1.807) is 0 Å². The third kappa shape index (κ3) is 26.8. The summed E-state index contributed by atoms with van der Waals surface area (Å²) in [6.45, 7) is 3.72. The van der Waals surface area contributed by atoms with E-state index in [-0.39, 0.29) is 19.4 Å². The monoisotopic (exact) mass is 778 g/mol. The number of rotatable bonds is 34. The normalized spacial score (nSPS) is 21.2. The lowest BCUT2D eigenvalue weighted by atomic mass is 10.00. The molecular formula is C40H74O12S. The van der Waals surface area contributed by atoms with Crippen molar-refractivity contribution >= 4 is 22.1 Å². The molecule has 0 radical (unpaired) electrons. The second kappa shape index (κ2) is 31.6. The van der Waals surface area contributed by atoms with Gasteiger partial charge in [-0.3, -0.25) is 14.1 Å². The van der Waals surface area contributed by atoms with Crippen LogP contribution in [0.15, 0.2) is 12.2 Å². The number of allylic oxidation sites excluding steroid dienone is 2. The average molecular weight is 779 g/mol.